The Morgan fingerprint density at radius 2 is 2.05 bits per heavy atom. The van der Waals surface area contributed by atoms with Crippen LogP contribution < -0.4 is 0 Å². The Balaban J connectivity index is 1.88. The van der Waals surface area contributed by atoms with E-state index in [0.29, 0.717) is 18.0 Å². The molecule has 3 nitrogen and oxygen atoms in total. The van der Waals surface area contributed by atoms with Crippen molar-refractivity contribution in [2.24, 2.45) is 0 Å². The molecule has 1 aliphatic rings. The Hall–Kier alpha value is -2.00. The number of aryl methyl sites for hydroxylation is 1. The smallest absolute Gasteiger partial charge is 0.225 e. The third-order valence-electron chi connectivity index (χ3n) is 4.18. The molecule has 1 atom stereocenters. The van der Waals surface area contributed by atoms with Crippen LogP contribution in [0.5, 0.6) is 0 Å². The first-order chi connectivity index (χ1) is 10.0. The summed E-state index contributed by atoms with van der Waals surface area (Å²) < 4.78 is 5.59. The second-order valence-corrected chi connectivity index (χ2v) is 6.09. The number of fused-ring (bicyclic) bond motifs is 1. The summed E-state index contributed by atoms with van der Waals surface area (Å²) in [6.07, 6.45) is 2.58. The lowest BCUT2D eigenvalue weighted by Gasteiger charge is -2.06. The molecule has 0 N–H and O–H groups in total. The van der Waals surface area contributed by atoms with Gasteiger partial charge in [-0.2, -0.15) is 0 Å². The van der Waals surface area contributed by atoms with E-state index < -0.39 is 5.78 Å². The quantitative estimate of drug-likeness (QED) is 0.366. The summed E-state index contributed by atoms with van der Waals surface area (Å²) in [6, 6.07) is 11.6. The van der Waals surface area contributed by atoms with Crippen LogP contribution in [0.2, 0.25) is 0 Å². The average molecular weight is 282 g/mol. The van der Waals surface area contributed by atoms with Gasteiger partial charge in [0.05, 0.1) is 11.7 Å². The van der Waals surface area contributed by atoms with E-state index in [4.69, 9.17) is 4.74 Å². The fourth-order valence-electron chi connectivity index (χ4n) is 2.79. The zero-order chi connectivity index (χ0) is 15.0. The maximum absolute atomic E-state index is 11.7. The van der Waals surface area contributed by atoms with Crippen molar-refractivity contribution in [1.29, 1.82) is 0 Å². The van der Waals surface area contributed by atoms with Crippen LogP contribution in [-0.4, -0.2) is 23.8 Å². The van der Waals surface area contributed by atoms with Crippen LogP contribution in [0.1, 0.15) is 36.2 Å². The molecule has 0 spiro atoms. The van der Waals surface area contributed by atoms with E-state index in [1.807, 2.05) is 18.2 Å². The minimum absolute atomic E-state index is 0.00942. The summed E-state index contributed by atoms with van der Waals surface area (Å²) in [5.41, 5.74) is 1.66. The van der Waals surface area contributed by atoms with E-state index in [1.54, 1.807) is 12.1 Å². The topological polar surface area (TPSA) is 46.7 Å². The molecule has 0 saturated carbocycles. The predicted molar refractivity (Wildman–Crippen MR) is 81.6 cm³/mol. The molecule has 0 bridgehead atoms. The highest BCUT2D eigenvalue weighted by molar-refractivity contribution is 6.36. The summed E-state index contributed by atoms with van der Waals surface area (Å²) in [4.78, 5) is 22.5. The second kappa shape index (κ2) is 5.08. The van der Waals surface area contributed by atoms with Crippen LogP contribution in [-0.2, 0) is 16.0 Å². The number of benzene rings is 2. The maximum Gasteiger partial charge on any atom is 0.225 e. The van der Waals surface area contributed by atoms with Gasteiger partial charge >= 0.3 is 0 Å². The predicted octanol–water partition coefficient (Wildman–Crippen LogP) is 3.33. The lowest BCUT2D eigenvalue weighted by molar-refractivity contribution is -0.104. The van der Waals surface area contributed by atoms with Gasteiger partial charge in [0, 0.05) is 5.56 Å². The fourth-order valence-corrected chi connectivity index (χ4v) is 2.79. The highest BCUT2D eigenvalue weighted by atomic mass is 16.6. The molecule has 3 heteroatoms. The van der Waals surface area contributed by atoms with Crippen LogP contribution in [0.4, 0.5) is 0 Å². The van der Waals surface area contributed by atoms with Gasteiger partial charge in [0.15, 0.2) is 6.29 Å². The van der Waals surface area contributed by atoms with Gasteiger partial charge in [-0.15, -0.1) is 0 Å². The van der Waals surface area contributed by atoms with Gasteiger partial charge in [0.2, 0.25) is 5.78 Å². The number of ketones is 1. The standard InChI is InChI=1S/C18H18O3/c1-18(2)17(21-18)9-7-12-6-8-13-4-3-5-14(15(13)10-12)16(20)11-19/h3-6,8,10-11,17H,7,9H2,1-2H3. The molecule has 0 amide bonds. The molecule has 1 saturated heterocycles. The number of hydrogen-bond donors (Lipinski definition) is 0. The molecule has 0 aromatic heterocycles. The molecule has 1 fully saturated rings. The van der Waals surface area contributed by atoms with E-state index in [9.17, 15) is 9.59 Å². The third kappa shape index (κ3) is 2.74. The van der Waals surface area contributed by atoms with Crippen molar-refractivity contribution in [3.05, 3.63) is 47.5 Å². The Morgan fingerprint density at radius 1 is 1.29 bits per heavy atom. The zero-order valence-corrected chi connectivity index (χ0v) is 12.3. The molecular weight excluding hydrogens is 264 g/mol. The number of epoxide rings is 1. The first-order valence-corrected chi connectivity index (χ1v) is 7.20. The molecule has 1 aliphatic heterocycles. The molecule has 0 radical (unpaired) electrons. The van der Waals surface area contributed by atoms with Crippen molar-refractivity contribution >= 4 is 22.8 Å². The first kappa shape index (κ1) is 14.0. The lowest BCUT2D eigenvalue weighted by atomic mass is 9.97. The van der Waals surface area contributed by atoms with Gasteiger partial charge < -0.3 is 4.74 Å². The van der Waals surface area contributed by atoms with Crippen LogP contribution in [0, 0.1) is 0 Å². The number of aldehydes is 1. The number of carbonyl (C=O) groups is 2. The molecular formula is C18H18O3. The van der Waals surface area contributed by atoms with E-state index in [1.165, 1.54) is 5.56 Å². The molecule has 2 aromatic carbocycles. The number of rotatable bonds is 5. The van der Waals surface area contributed by atoms with Gasteiger partial charge in [0.1, 0.15) is 0 Å². The molecule has 1 unspecified atom stereocenters. The molecule has 21 heavy (non-hydrogen) atoms. The second-order valence-electron chi connectivity index (χ2n) is 6.09. The van der Waals surface area contributed by atoms with Gasteiger partial charge in [-0.25, -0.2) is 0 Å². The Morgan fingerprint density at radius 3 is 2.71 bits per heavy atom. The van der Waals surface area contributed by atoms with Crippen molar-refractivity contribution in [3.8, 4) is 0 Å². The van der Waals surface area contributed by atoms with Crippen LogP contribution in [0.15, 0.2) is 36.4 Å². The van der Waals surface area contributed by atoms with Gasteiger partial charge in [-0.3, -0.25) is 9.59 Å². The van der Waals surface area contributed by atoms with Crippen molar-refractivity contribution in [3.63, 3.8) is 0 Å². The van der Waals surface area contributed by atoms with Gasteiger partial charge in [0.25, 0.3) is 0 Å². The monoisotopic (exact) mass is 282 g/mol. The van der Waals surface area contributed by atoms with E-state index >= 15 is 0 Å². The molecule has 0 aliphatic carbocycles. The Kier molecular flexibility index (Phi) is 3.38. The number of Topliss-reactive ketones (excluding diaryl/α,β-unsaturated/α-hetero) is 1. The molecule has 3 rings (SSSR count). The summed E-state index contributed by atoms with van der Waals surface area (Å²) in [7, 11) is 0. The normalized spacial score (nSPS) is 19.4. The summed E-state index contributed by atoms with van der Waals surface area (Å²) in [6.45, 7) is 4.19. The Bertz CT molecular complexity index is 715. The van der Waals surface area contributed by atoms with Gasteiger partial charge in [-0.1, -0.05) is 36.4 Å². The van der Waals surface area contributed by atoms with E-state index in [-0.39, 0.29) is 5.60 Å². The fraction of sp³-hybridized carbons (Fsp3) is 0.333. The molecule has 2 aromatic rings. The third-order valence-corrected chi connectivity index (χ3v) is 4.18. The minimum atomic E-state index is -0.468. The van der Waals surface area contributed by atoms with Crippen LogP contribution in [0.25, 0.3) is 10.8 Å². The van der Waals surface area contributed by atoms with Gasteiger partial charge in [-0.05, 0) is 43.0 Å². The SMILES string of the molecule is CC1(C)OC1CCc1ccc2cccc(C(=O)C=O)c2c1. The average Bonchev–Trinajstić information content (AvgIpc) is 3.10. The largest absolute Gasteiger partial charge is 0.367 e. The lowest BCUT2D eigenvalue weighted by Crippen LogP contribution is -2.04. The maximum atomic E-state index is 11.7. The van der Waals surface area contributed by atoms with Crippen molar-refractivity contribution in [1.82, 2.24) is 0 Å². The summed E-state index contributed by atoms with van der Waals surface area (Å²) in [5, 5.41) is 1.83. The molecule has 1 heterocycles. The zero-order valence-electron chi connectivity index (χ0n) is 12.3. The highest BCUT2D eigenvalue weighted by Gasteiger charge is 2.46. The summed E-state index contributed by atoms with van der Waals surface area (Å²) >= 11 is 0. The molecule has 108 valence electrons. The minimum Gasteiger partial charge on any atom is -0.367 e. The number of ether oxygens (including phenoxy) is 1. The first-order valence-electron chi connectivity index (χ1n) is 7.20. The van der Waals surface area contributed by atoms with E-state index in [2.05, 4.69) is 19.9 Å². The van der Waals surface area contributed by atoms with Crippen molar-refractivity contribution in [2.45, 2.75) is 38.4 Å². The van der Waals surface area contributed by atoms with Crippen LogP contribution >= 0.6 is 0 Å². The van der Waals surface area contributed by atoms with Crippen LogP contribution in [0.3, 0.4) is 0 Å². The van der Waals surface area contributed by atoms with E-state index in [0.717, 1.165) is 23.6 Å². The highest BCUT2D eigenvalue weighted by Crippen LogP contribution is 2.38. The number of carbonyl (C=O) groups excluding carboxylic acids is 2. The van der Waals surface area contributed by atoms with Crippen molar-refractivity contribution < 1.29 is 14.3 Å². The Labute approximate surface area is 123 Å². The van der Waals surface area contributed by atoms with Crippen molar-refractivity contribution in [2.75, 3.05) is 0 Å². The summed E-state index contributed by atoms with van der Waals surface area (Å²) in [5.74, 6) is -0.468. The number of hydrogen-bond acceptors (Lipinski definition) is 3.